The van der Waals surface area contributed by atoms with E-state index < -0.39 is 0 Å². The third kappa shape index (κ3) is 3.53. The van der Waals surface area contributed by atoms with Gasteiger partial charge in [0.05, 0.1) is 6.61 Å². The average Bonchev–Trinajstić information content (AvgIpc) is 2.83. The largest absolute Gasteiger partial charge is 0.491 e. The van der Waals surface area contributed by atoms with Gasteiger partial charge >= 0.3 is 0 Å². The predicted molar refractivity (Wildman–Crippen MR) is 71.5 cm³/mol. The van der Waals surface area contributed by atoms with Gasteiger partial charge in [0.2, 0.25) is 0 Å². The van der Waals surface area contributed by atoms with Gasteiger partial charge in [-0.05, 0) is 42.9 Å². The number of thioether (sulfide) groups is 1. The molecule has 0 spiro atoms. The van der Waals surface area contributed by atoms with Gasteiger partial charge in [0.25, 0.3) is 0 Å². The lowest BCUT2D eigenvalue weighted by Gasteiger charge is -2.12. The van der Waals surface area contributed by atoms with Crippen LogP contribution in [-0.2, 0) is 0 Å². The highest BCUT2D eigenvalue weighted by atomic mass is 32.2. The van der Waals surface area contributed by atoms with Gasteiger partial charge in [0.1, 0.15) is 0 Å². The first-order valence-corrected chi connectivity index (χ1v) is 7.19. The number of nitrogens with one attached hydrogen (secondary N) is 1. The maximum Gasteiger partial charge on any atom is 0.167 e. The molecule has 17 heavy (non-hydrogen) atoms. The lowest BCUT2D eigenvalue weighted by Crippen LogP contribution is -2.13. The van der Waals surface area contributed by atoms with Gasteiger partial charge in [-0.15, -0.1) is 0 Å². The van der Waals surface area contributed by atoms with Crippen molar-refractivity contribution in [2.45, 2.75) is 13.3 Å². The normalized spacial score (nSPS) is 19.3. The number of benzene rings is 1. The van der Waals surface area contributed by atoms with E-state index >= 15 is 0 Å². The van der Waals surface area contributed by atoms with Gasteiger partial charge in [0.15, 0.2) is 11.6 Å². The van der Waals surface area contributed by atoms with Crippen LogP contribution in [0, 0.1) is 11.7 Å². The molecule has 1 atom stereocenters. The molecule has 1 saturated heterocycles. The number of rotatable bonds is 5. The summed E-state index contributed by atoms with van der Waals surface area (Å²) in [6.45, 7) is 3.27. The molecule has 2 rings (SSSR count). The SMILES string of the molecule is CCOc1ccc(NCC2CCSC2)cc1F. The highest BCUT2D eigenvalue weighted by Crippen LogP contribution is 2.25. The molecule has 1 aromatic carbocycles. The minimum atomic E-state index is -0.294. The maximum absolute atomic E-state index is 13.6. The van der Waals surface area contributed by atoms with E-state index in [1.54, 1.807) is 6.07 Å². The maximum atomic E-state index is 13.6. The molecule has 1 fully saturated rings. The van der Waals surface area contributed by atoms with E-state index in [1.165, 1.54) is 24.0 Å². The van der Waals surface area contributed by atoms with E-state index in [1.807, 2.05) is 24.8 Å². The molecule has 0 saturated carbocycles. The van der Waals surface area contributed by atoms with Crippen molar-refractivity contribution in [3.8, 4) is 5.75 Å². The fourth-order valence-corrected chi connectivity index (χ4v) is 3.17. The van der Waals surface area contributed by atoms with Crippen molar-refractivity contribution in [2.75, 3.05) is 30.0 Å². The van der Waals surface area contributed by atoms with Gasteiger partial charge in [-0.2, -0.15) is 11.8 Å². The Morgan fingerprint density at radius 2 is 2.41 bits per heavy atom. The minimum absolute atomic E-state index is 0.294. The summed E-state index contributed by atoms with van der Waals surface area (Å²) < 4.78 is 18.7. The summed E-state index contributed by atoms with van der Waals surface area (Å²) >= 11 is 2.00. The molecule has 0 radical (unpaired) electrons. The van der Waals surface area contributed by atoms with Crippen LogP contribution in [0.5, 0.6) is 5.75 Å². The molecule has 0 aliphatic carbocycles. The van der Waals surface area contributed by atoms with E-state index in [2.05, 4.69) is 5.32 Å². The first-order valence-electron chi connectivity index (χ1n) is 6.03. The molecule has 1 aliphatic heterocycles. The third-order valence-electron chi connectivity index (χ3n) is 2.85. The van der Waals surface area contributed by atoms with Gasteiger partial charge in [-0.3, -0.25) is 0 Å². The Morgan fingerprint density at radius 1 is 1.53 bits per heavy atom. The number of ether oxygens (including phenoxy) is 1. The lowest BCUT2D eigenvalue weighted by atomic mass is 10.1. The average molecular weight is 255 g/mol. The van der Waals surface area contributed by atoms with Crippen LogP contribution in [0.25, 0.3) is 0 Å². The molecule has 1 heterocycles. The summed E-state index contributed by atoms with van der Waals surface area (Å²) in [5.41, 5.74) is 0.836. The van der Waals surface area contributed by atoms with Crippen LogP contribution >= 0.6 is 11.8 Å². The molecule has 1 aliphatic rings. The minimum Gasteiger partial charge on any atom is -0.491 e. The number of anilines is 1. The van der Waals surface area contributed by atoms with Crippen LogP contribution in [0.1, 0.15) is 13.3 Å². The molecule has 1 aromatic rings. The van der Waals surface area contributed by atoms with Crippen LogP contribution < -0.4 is 10.1 Å². The Kier molecular flexibility index (Phi) is 4.54. The zero-order valence-electron chi connectivity index (χ0n) is 10.0. The molecule has 0 bridgehead atoms. The number of hydrogen-bond donors (Lipinski definition) is 1. The van der Waals surface area contributed by atoms with E-state index in [0.717, 1.165) is 18.2 Å². The Labute approximate surface area is 106 Å². The Hall–Kier alpha value is -0.900. The zero-order chi connectivity index (χ0) is 12.1. The van der Waals surface area contributed by atoms with Crippen molar-refractivity contribution in [2.24, 2.45) is 5.92 Å². The predicted octanol–water partition coefficient (Wildman–Crippen LogP) is 3.39. The Bertz CT molecular complexity index is 366. The highest BCUT2D eigenvalue weighted by Gasteiger charge is 2.15. The lowest BCUT2D eigenvalue weighted by molar-refractivity contribution is 0.321. The van der Waals surface area contributed by atoms with Crippen LogP contribution in [0.3, 0.4) is 0 Å². The van der Waals surface area contributed by atoms with Crippen molar-refractivity contribution in [1.29, 1.82) is 0 Å². The summed E-state index contributed by atoms with van der Waals surface area (Å²) in [5.74, 6) is 3.22. The quantitative estimate of drug-likeness (QED) is 0.871. The molecular formula is C13H18FNOS. The molecule has 1 N–H and O–H groups in total. The second-order valence-electron chi connectivity index (χ2n) is 4.19. The van der Waals surface area contributed by atoms with Crippen LogP contribution in [0.4, 0.5) is 10.1 Å². The molecule has 1 unspecified atom stereocenters. The van der Waals surface area contributed by atoms with Crippen molar-refractivity contribution >= 4 is 17.4 Å². The van der Waals surface area contributed by atoms with E-state index in [-0.39, 0.29) is 5.82 Å². The van der Waals surface area contributed by atoms with E-state index in [4.69, 9.17) is 4.74 Å². The van der Waals surface area contributed by atoms with E-state index in [9.17, 15) is 4.39 Å². The smallest absolute Gasteiger partial charge is 0.167 e. The summed E-state index contributed by atoms with van der Waals surface area (Å²) in [6, 6.07) is 5.06. The first kappa shape index (κ1) is 12.6. The number of hydrogen-bond acceptors (Lipinski definition) is 3. The van der Waals surface area contributed by atoms with Gasteiger partial charge < -0.3 is 10.1 Å². The Balaban J connectivity index is 1.90. The monoisotopic (exact) mass is 255 g/mol. The summed E-state index contributed by atoms with van der Waals surface area (Å²) in [7, 11) is 0. The molecule has 2 nitrogen and oxygen atoms in total. The third-order valence-corrected chi connectivity index (χ3v) is 4.08. The highest BCUT2D eigenvalue weighted by molar-refractivity contribution is 7.99. The van der Waals surface area contributed by atoms with Gasteiger partial charge in [-0.1, -0.05) is 0 Å². The topological polar surface area (TPSA) is 21.3 Å². The summed E-state index contributed by atoms with van der Waals surface area (Å²) in [4.78, 5) is 0. The van der Waals surface area contributed by atoms with Crippen LogP contribution in [-0.4, -0.2) is 24.7 Å². The van der Waals surface area contributed by atoms with Crippen LogP contribution in [0.2, 0.25) is 0 Å². The van der Waals surface area contributed by atoms with E-state index in [0.29, 0.717) is 12.4 Å². The fraction of sp³-hybridized carbons (Fsp3) is 0.538. The Morgan fingerprint density at radius 3 is 3.06 bits per heavy atom. The van der Waals surface area contributed by atoms with Crippen molar-refractivity contribution in [1.82, 2.24) is 0 Å². The molecule has 0 amide bonds. The summed E-state index contributed by atoms with van der Waals surface area (Å²) in [6.07, 6.45) is 1.26. The van der Waals surface area contributed by atoms with Crippen molar-refractivity contribution in [3.63, 3.8) is 0 Å². The standard InChI is InChI=1S/C13H18FNOS/c1-2-16-13-4-3-11(7-12(13)14)15-8-10-5-6-17-9-10/h3-4,7,10,15H,2,5-6,8-9H2,1H3. The molecular weight excluding hydrogens is 237 g/mol. The van der Waals surface area contributed by atoms with Crippen molar-refractivity contribution < 1.29 is 9.13 Å². The van der Waals surface area contributed by atoms with Gasteiger partial charge in [0, 0.05) is 18.3 Å². The number of halogens is 1. The fourth-order valence-electron chi connectivity index (χ4n) is 1.89. The molecule has 4 heteroatoms. The molecule has 94 valence electrons. The zero-order valence-corrected chi connectivity index (χ0v) is 10.9. The second kappa shape index (κ2) is 6.15. The molecule has 0 aromatic heterocycles. The summed E-state index contributed by atoms with van der Waals surface area (Å²) in [5, 5.41) is 3.29. The van der Waals surface area contributed by atoms with Gasteiger partial charge in [-0.25, -0.2) is 4.39 Å². The van der Waals surface area contributed by atoms with Crippen LogP contribution in [0.15, 0.2) is 18.2 Å². The second-order valence-corrected chi connectivity index (χ2v) is 5.34. The van der Waals surface area contributed by atoms with Crippen molar-refractivity contribution in [3.05, 3.63) is 24.0 Å². The first-order chi connectivity index (χ1) is 8.29.